The van der Waals surface area contributed by atoms with Crippen LogP contribution in [0.5, 0.6) is 0 Å². The van der Waals surface area contributed by atoms with Crippen molar-refractivity contribution in [3.63, 3.8) is 0 Å². The van der Waals surface area contributed by atoms with Crippen LogP contribution in [0.4, 0.5) is 0 Å². The van der Waals surface area contributed by atoms with E-state index in [-0.39, 0.29) is 5.91 Å². The Balaban J connectivity index is 2.21. The molecule has 0 saturated heterocycles. The largest absolute Gasteiger partial charge is 0.480 e. The van der Waals surface area contributed by atoms with Gasteiger partial charge in [-0.25, -0.2) is 4.79 Å². The molecule has 1 aromatic heterocycles. The van der Waals surface area contributed by atoms with Crippen LogP contribution in [0.2, 0.25) is 0 Å². The highest BCUT2D eigenvalue weighted by atomic mass is 79.9. The minimum atomic E-state index is -1.09. The Hall–Kier alpha value is -1.30. The van der Waals surface area contributed by atoms with Gasteiger partial charge in [0, 0.05) is 17.2 Å². The van der Waals surface area contributed by atoms with Crippen LogP contribution in [0.25, 0.3) is 0 Å². The van der Waals surface area contributed by atoms with Crippen LogP contribution in [-0.4, -0.2) is 27.1 Å². The number of rotatable bonds is 5. The van der Waals surface area contributed by atoms with Crippen molar-refractivity contribution in [2.45, 2.75) is 51.1 Å². The van der Waals surface area contributed by atoms with Gasteiger partial charge in [-0.2, -0.15) is 0 Å². The van der Waals surface area contributed by atoms with Crippen LogP contribution in [0.1, 0.15) is 49.5 Å². The Morgan fingerprint density at radius 3 is 2.65 bits per heavy atom. The average molecular weight is 343 g/mol. The summed E-state index contributed by atoms with van der Waals surface area (Å²) in [4.78, 5) is 23.9. The number of hydrogen-bond acceptors (Lipinski definition) is 2. The first-order chi connectivity index (χ1) is 9.48. The van der Waals surface area contributed by atoms with Crippen molar-refractivity contribution in [2.75, 3.05) is 0 Å². The lowest BCUT2D eigenvalue weighted by molar-refractivity contribution is -0.144. The summed E-state index contributed by atoms with van der Waals surface area (Å²) >= 11 is 3.36. The Bertz CT molecular complexity index is 518. The number of nitrogens with one attached hydrogen (secondary N) is 1. The Morgan fingerprint density at radius 1 is 1.45 bits per heavy atom. The molecule has 5 nitrogen and oxygen atoms in total. The lowest BCUT2D eigenvalue weighted by Crippen LogP contribution is -2.52. The van der Waals surface area contributed by atoms with E-state index >= 15 is 0 Å². The quantitative estimate of drug-likeness (QED) is 0.864. The van der Waals surface area contributed by atoms with Gasteiger partial charge in [-0.3, -0.25) is 4.79 Å². The topological polar surface area (TPSA) is 71.3 Å². The molecule has 1 heterocycles. The summed E-state index contributed by atoms with van der Waals surface area (Å²) in [5.74, 6) is -1.25. The second kappa shape index (κ2) is 5.99. The van der Waals surface area contributed by atoms with Crippen LogP contribution in [0.15, 0.2) is 16.7 Å². The number of nitrogens with zero attached hydrogens (tertiary/aromatic N) is 1. The van der Waals surface area contributed by atoms with Crippen molar-refractivity contribution in [3.05, 3.63) is 22.4 Å². The average Bonchev–Trinajstić information content (AvgIpc) is 2.98. The Morgan fingerprint density at radius 2 is 2.10 bits per heavy atom. The molecule has 1 aromatic rings. The second-order valence-corrected chi connectivity index (χ2v) is 6.20. The predicted molar refractivity (Wildman–Crippen MR) is 78.7 cm³/mol. The van der Waals surface area contributed by atoms with E-state index in [1.807, 2.05) is 17.7 Å². The Kier molecular flexibility index (Phi) is 4.52. The first kappa shape index (κ1) is 15.1. The van der Waals surface area contributed by atoms with Crippen LogP contribution in [-0.2, 0) is 11.3 Å². The number of amides is 1. The lowest BCUT2D eigenvalue weighted by atomic mass is 9.97. The van der Waals surface area contributed by atoms with Crippen LogP contribution >= 0.6 is 15.9 Å². The van der Waals surface area contributed by atoms with Gasteiger partial charge < -0.3 is 15.0 Å². The summed E-state index contributed by atoms with van der Waals surface area (Å²) in [7, 11) is 0. The molecule has 0 aliphatic heterocycles. The van der Waals surface area contributed by atoms with E-state index < -0.39 is 11.5 Å². The zero-order valence-corrected chi connectivity index (χ0v) is 13.1. The molecule has 1 saturated carbocycles. The number of carboxylic acid groups (broad SMARTS) is 1. The Labute approximate surface area is 126 Å². The molecule has 2 N–H and O–H groups in total. The summed E-state index contributed by atoms with van der Waals surface area (Å²) in [6.07, 6.45) is 5.44. The van der Waals surface area contributed by atoms with E-state index in [2.05, 4.69) is 21.2 Å². The predicted octanol–water partition coefficient (Wildman–Crippen LogP) is 2.79. The second-order valence-electron chi connectivity index (χ2n) is 5.29. The number of aryl methyl sites for hydroxylation is 1. The van der Waals surface area contributed by atoms with Gasteiger partial charge in [-0.05, 0) is 41.3 Å². The van der Waals surface area contributed by atoms with E-state index in [0.29, 0.717) is 18.5 Å². The van der Waals surface area contributed by atoms with Crippen molar-refractivity contribution in [1.82, 2.24) is 9.88 Å². The minimum absolute atomic E-state index is 0.312. The van der Waals surface area contributed by atoms with E-state index in [0.717, 1.165) is 30.3 Å². The van der Waals surface area contributed by atoms with Gasteiger partial charge in [-0.1, -0.05) is 19.8 Å². The molecule has 1 amide bonds. The van der Waals surface area contributed by atoms with Crippen molar-refractivity contribution in [2.24, 2.45) is 0 Å². The number of carbonyl (C=O) groups excluding carboxylic acids is 1. The molecule has 20 heavy (non-hydrogen) atoms. The number of carbonyl (C=O) groups is 2. The van der Waals surface area contributed by atoms with Crippen LogP contribution < -0.4 is 5.32 Å². The van der Waals surface area contributed by atoms with Crippen molar-refractivity contribution in [1.29, 1.82) is 0 Å². The summed E-state index contributed by atoms with van der Waals surface area (Å²) in [6.45, 7) is 2.76. The molecule has 6 heteroatoms. The summed E-state index contributed by atoms with van der Waals surface area (Å²) in [6, 6.07) is 1.73. The third kappa shape index (κ3) is 2.90. The van der Waals surface area contributed by atoms with Crippen LogP contribution in [0.3, 0.4) is 0 Å². The van der Waals surface area contributed by atoms with E-state index in [1.54, 1.807) is 6.07 Å². The lowest BCUT2D eigenvalue weighted by Gasteiger charge is -2.25. The molecule has 0 bridgehead atoms. The highest BCUT2D eigenvalue weighted by Gasteiger charge is 2.43. The van der Waals surface area contributed by atoms with E-state index in [1.165, 1.54) is 0 Å². The molecule has 0 spiro atoms. The fraction of sp³-hybridized carbons (Fsp3) is 0.571. The number of hydrogen-bond donors (Lipinski definition) is 2. The summed E-state index contributed by atoms with van der Waals surface area (Å²) < 4.78 is 2.68. The van der Waals surface area contributed by atoms with Gasteiger partial charge >= 0.3 is 5.97 Å². The zero-order chi connectivity index (χ0) is 14.8. The number of halogens is 1. The molecular weight excluding hydrogens is 324 g/mol. The monoisotopic (exact) mass is 342 g/mol. The standard InChI is InChI=1S/C14H19BrN2O3/c1-2-7-17-9-10(15)8-11(17)12(18)16-14(13(19)20)5-3-4-6-14/h8-9H,2-7H2,1H3,(H,16,18)(H,19,20). The maximum absolute atomic E-state index is 12.4. The normalized spacial score (nSPS) is 17.1. The summed E-state index contributed by atoms with van der Waals surface area (Å²) in [5, 5.41) is 12.1. The van der Waals surface area contributed by atoms with E-state index in [9.17, 15) is 14.7 Å². The van der Waals surface area contributed by atoms with Gasteiger partial charge in [0.2, 0.25) is 0 Å². The van der Waals surface area contributed by atoms with Gasteiger partial charge in [0.15, 0.2) is 0 Å². The maximum Gasteiger partial charge on any atom is 0.329 e. The molecule has 2 rings (SSSR count). The molecule has 0 atom stereocenters. The fourth-order valence-corrected chi connectivity index (χ4v) is 3.21. The zero-order valence-electron chi connectivity index (χ0n) is 11.5. The molecule has 0 unspecified atom stereocenters. The van der Waals surface area contributed by atoms with Gasteiger partial charge in [0.05, 0.1) is 0 Å². The summed E-state index contributed by atoms with van der Waals surface area (Å²) in [5.41, 5.74) is -0.587. The van der Waals surface area contributed by atoms with Crippen molar-refractivity contribution >= 4 is 27.8 Å². The molecule has 0 aromatic carbocycles. The van der Waals surface area contributed by atoms with Crippen molar-refractivity contribution < 1.29 is 14.7 Å². The number of aliphatic carboxylic acids is 1. The molecule has 1 fully saturated rings. The molecule has 1 aliphatic rings. The van der Waals surface area contributed by atoms with E-state index in [4.69, 9.17) is 0 Å². The highest BCUT2D eigenvalue weighted by Crippen LogP contribution is 2.30. The maximum atomic E-state index is 12.4. The fourth-order valence-electron chi connectivity index (χ4n) is 2.74. The first-order valence-electron chi connectivity index (χ1n) is 6.90. The highest BCUT2D eigenvalue weighted by molar-refractivity contribution is 9.10. The minimum Gasteiger partial charge on any atom is -0.480 e. The van der Waals surface area contributed by atoms with Crippen molar-refractivity contribution in [3.8, 4) is 0 Å². The SMILES string of the molecule is CCCn1cc(Br)cc1C(=O)NC1(C(=O)O)CCCC1. The number of aromatic nitrogens is 1. The smallest absolute Gasteiger partial charge is 0.329 e. The van der Waals surface area contributed by atoms with Gasteiger partial charge in [0.1, 0.15) is 11.2 Å². The van der Waals surface area contributed by atoms with Crippen LogP contribution in [0, 0.1) is 0 Å². The molecular formula is C14H19BrN2O3. The number of carboxylic acids is 1. The molecule has 110 valence electrons. The van der Waals surface area contributed by atoms with Gasteiger partial charge in [0.25, 0.3) is 5.91 Å². The van der Waals surface area contributed by atoms with Gasteiger partial charge in [-0.15, -0.1) is 0 Å². The molecule has 1 aliphatic carbocycles. The third-order valence-electron chi connectivity index (χ3n) is 3.78. The molecule has 0 radical (unpaired) electrons. The third-order valence-corrected chi connectivity index (χ3v) is 4.21. The first-order valence-corrected chi connectivity index (χ1v) is 7.69.